The summed E-state index contributed by atoms with van der Waals surface area (Å²) < 4.78 is 5.25. The van der Waals surface area contributed by atoms with Gasteiger partial charge in [-0.1, -0.05) is 0 Å². The second kappa shape index (κ2) is 5.09. The molecule has 1 spiro atoms. The number of likely N-dealkylation sites (tertiary alicyclic amines) is 1. The van der Waals surface area contributed by atoms with E-state index in [1.807, 2.05) is 5.38 Å². The highest BCUT2D eigenvalue weighted by atomic mass is 32.1. The third kappa shape index (κ3) is 2.74. The third-order valence-electron chi connectivity index (χ3n) is 4.25. The van der Waals surface area contributed by atoms with Crippen LogP contribution in [-0.2, 0) is 11.3 Å². The highest BCUT2D eigenvalue weighted by molar-refractivity contribution is 7.07. The predicted octanol–water partition coefficient (Wildman–Crippen LogP) is 2.02. The van der Waals surface area contributed by atoms with Gasteiger partial charge in [-0.05, 0) is 31.1 Å². The summed E-state index contributed by atoms with van der Waals surface area (Å²) in [4.78, 5) is 17.8. The fraction of sp³-hybridized carbons (Fsp3) is 0.692. The topological polar surface area (TPSA) is 62.7 Å². The van der Waals surface area contributed by atoms with Gasteiger partial charge in [0, 0.05) is 18.5 Å². The Morgan fingerprint density at radius 3 is 2.84 bits per heavy atom. The smallest absolute Gasteiger partial charge is 0.410 e. The standard InChI is InChI=1S/C13H18N2O3S/c16-11-5-13(6-11)1-3-15(4-2-13)12(17)18-7-10-8-19-9-14-10/h8-9,11,16H,1-7H2. The maximum absolute atomic E-state index is 11.9. The molecule has 1 saturated carbocycles. The summed E-state index contributed by atoms with van der Waals surface area (Å²) in [6.45, 7) is 1.73. The van der Waals surface area contributed by atoms with E-state index in [0.29, 0.717) is 5.41 Å². The van der Waals surface area contributed by atoms with Crippen molar-refractivity contribution in [2.24, 2.45) is 5.41 Å². The molecule has 0 unspecified atom stereocenters. The fourth-order valence-electron chi connectivity index (χ4n) is 3.05. The Morgan fingerprint density at radius 2 is 2.26 bits per heavy atom. The van der Waals surface area contributed by atoms with E-state index in [1.165, 1.54) is 11.3 Å². The van der Waals surface area contributed by atoms with Crippen LogP contribution in [0.15, 0.2) is 10.9 Å². The molecule has 0 atom stereocenters. The number of amides is 1. The van der Waals surface area contributed by atoms with Gasteiger partial charge in [-0.25, -0.2) is 9.78 Å². The van der Waals surface area contributed by atoms with Crippen LogP contribution < -0.4 is 0 Å². The molecule has 6 heteroatoms. The molecule has 1 aliphatic heterocycles. The van der Waals surface area contributed by atoms with Gasteiger partial charge in [0.25, 0.3) is 0 Å². The van der Waals surface area contributed by atoms with Crippen LogP contribution in [0.5, 0.6) is 0 Å². The molecule has 3 rings (SSSR count). The maximum Gasteiger partial charge on any atom is 0.410 e. The van der Waals surface area contributed by atoms with Crippen molar-refractivity contribution in [1.29, 1.82) is 0 Å². The van der Waals surface area contributed by atoms with Crippen molar-refractivity contribution in [2.75, 3.05) is 13.1 Å². The predicted molar refractivity (Wildman–Crippen MR) is 70.8 cm³/mol. The Balaban J connectivity index is 1.44. The molecule has 104 valence electrons. The number of nitrogens with zero attached hydrogens (tertiary/aromatic N) is 2. The molecule has 1 aliphatic carbocycles. The minimum atomic E-state index is -0.247. The lowest BCUT2D eigenvalue weighted by Crippen LogP contribution is -2.50. The summed E-state index contributed by atoms with van der Waals surface area (Å²) in [7, 11) is 0. The van der Waals surface area contributed by atoms with Crippen LogP contribution in [-0.4, -0.2) is 40.3 Å². The maximum atomic E-state index is 11.9. The van der Waals surface area contributed by atoms with Crippen molar-refractivity contribution in [3.05, 3.63) is 16.6 Å². The lowest BCUT2D eigenvalue weighted by molar-refractivity contribution is -0.0661. The molecule has 1 aromatic rings. The molecule has 2 heterocycles. The van der Waals surface area contributed by atoms with E-state index in [4.69, 9.17) is 4.74 Å². The molecular weight excluding hydrogens is 264 g/mol. The normalized spacial score (nSPS) is 22.3. The first-order valence-corrected chi connectivity index (χ1v) is 7.58. The van der Waals surface area contributed by atoms with Crippen molar-refractivity contribution in [3.8, 4) is 0 Å². The zero-order chi connectivity index (χ0) is 13.3. The van der Waals surface area contributed by atoms with E-state index in [-0.39, 0.29) is 18.8 Å². The van der Waals surface area contributed by atoms with Crippen LogP contribution in [0.1, 0.15) is 31.4 Å². The molecule has 1 saturated heterocycles. The van der Waals surface area contributed by atoms with E-state index in [9.17, 15) is 9.90 Å². The number of hydrogen-bond acceptors (Lipinski definition) is 5. The number of thiazole rings is 1. The Hall–Kier alpha value is -1.14. The summed E-state index contributed by atoms with van der Waals surface area (Å²) in [5.41, 5.74) is 2.83. The van der Waals surface area contributed by atoms with Gasteiger partial charge in [0.05, 0.1) is 17.3 Å². The van der Waals surface area contributed by atoms with E-state index in [2.05, 4.69) is 4.98 Å². The van der Waals surface area contributed by atoms with E-state index >= 15 is 0 Å². The number of aromatic nitrogens is 1. The van der Waals surface area contributed by atoms with Crippen molar-refractivity contribution < 1.29 is 14.6 Å². The summed E-state index contributed by atoms with van der Waals surface area (Å²) >= 11 is 1.50. The largest absolute Gasteiger partial charge is 0.443 e. The molecule has 19 heavy (non-hydrogen) atoms. The molecule has 2 fully saturated rings. The Kier molecular flexibility index (Phi) is 3.45. The lowest BCUT2D eigenvalue weighted by atomic mass is 9.61. The van der Waals surface area contributed by atoms with E-state index in [1.54, 1.807) is 10.4 Å². The first-order valence-electron chi connectivity index (χ1n) is 6.64. The van der Waals surface area contributed by atoms with Crippen LogP contribution in [0.3, 0.4) is 0 Å². The molecule has 1 N–H and O–H groups in total. The molecular formula is C13H18N2O3S. The number of aliphatic hydroxyl groups excluding tert-OH is 1. The Bertz CT molecular complexity index is 433. The van der Waals surface area contributed by atoms with Crippen LogP contribution in [0, 0.1) is 5.41 Å². The molecule has 5 nitrogen and oxygen atoms in total. The van der Waals surface area contributed by atoms with Crippen molar-refractivity contribution in [1.82, 2.24) is 9.88 Å². The van der Waals surface area contributed by atoms with Crippen LogP contribution in [0.4, 0.5) is 4.79 Å². The van der Waals surface area contributed by atoms with E-state index < -0.39 is 0 Å². The van der Waals surface area contributed by atoms with Crippen molar-refractivity contribution >= 4 is 17.4 Å². The average Bonchev–Trinajstić information content (AvgIpc) is 2.88. The minimum absolute atomic E-state index is 0.122. The second-order valence-electron chi connectivity index (χ2n) is 5.58. The van der Waals surface area contributed by atoms with Gasteiger partial charge in [0.2, 0.25) is 0 Å². The number of piperidine rings is 1. The number of aliphatic hydroxyl groups is 1. The Labute approximate surface area is 116 Å². The molecule has 1 amide bonds. The molecule has 2 aliphatic rings. The van der Waals surface area contributed by atoms with Gasteiger partial charge in [-0.2, -0.15) is 0 Å². The highest BCUT2D eigenvalue weighted by Gasteiger charge is 2.45. The van der Waals surface area contributed by atoms with Gasteiger partial charge in [-0.15, -0.1) is 11.3 Å². The monoisotopic (exact) mass is 282 g/mol. The number of rotatable bonds is 2. The number of carbonyl (C=O) groups excluding carboxylic acids is 1. The van der Waals surface area contributed by atoms with Crippen molar-refractivity contribution in [2.45, 2.75) is 38.4 Å². The number of ether oxygens (including phenoxy) is 1. The molecule has 0 bridgehead atoms. The fourth-order valence-corrected chi connectivity index (χ4v) is 3.59. The van der Waals surface area contributed by atoms with Gasteiger partial charge in [0.1, 0.15) is 6.61 Å². The summed E-state index contributed by atoms with van der Waals surface area (Å²) in [5.74, 6) is 0. The summed E-state index contributed by atoms with van der Waals surface area (Å²) in [6, 6.07) is 0. The van der Waals surface area contributed by atoms with Crippen molar-refractivity contribution in [3.63, 3.8) is 0 Å². The lowest BCUT2D eigenvalue weighted by Gasteiger charge is -2.50. The third-order valence-corrected chi connectivity index (χ3v) is 4.88. The highest BCUT2D eigenvalue weighted by Crippen LogP contribution is 2.48. The Morgan fingerprint density at radius 1 is 1.53 bits per heavy atom. The van der Waals surface area contributed by atoms with Gasteiger partial charge in [-0.3, -0.25) is 0 Å². The zero-order valence-corrected chi connectivity index (χ0v) is 11.6. The molecule has 0 radical (unpaired) electrons. The SMILES string of the molecule is O=C(OCc1cscn1)N1CCC2(CC1)CC(O)C2. The average molecular weight is 282 g/mol. The summed E-state index contributed by atoms with van der Waals surface area (Å²) in [6.07, 6.45) is 3.39. The van der Waals surface area contributed by atoms with Crippen LogP contribution in [0.25, 0.3) is 0 Å². The zero-order valence-electron chi connectivity index (χ0n) is 10.7. The molecule has 0 aromatic carbocycles. The number of hydrogen-bond donors (Lipinski definition) is 1. The second-order valence-corrected chi connectivity index (χ2v) is 6.30. The summed E-state index contributed by atoms with van der Waals surface area (Å²) in [5, 5.41) is 11.3. The van der Waals surface area contributed by atoms with Crippen LogP contribution in [0.2, 0.25) is 0 Å². The first kappa shape index (κ1) is 12.9. The van der Waals surface area contributed by atoms with E-state index in [0.717, 1.165) is 44.5 Å². The van der Waals surface area contributed by atoms with Gasteiger partial charge in [0.15, 0.2) is 0 Å². The van der Waals surface area contributed by atoms with Crippen LogP contribution >= 0.6 is 11.3 Å². The van der Waals surface area contributed by atoms with Gasteiger partial charge < -0.3 is 14.7 Å². The molecule has 1 aromatic heterocycles. The van der Waals surface area contributed by atoms with Gasteiger partial charge >= 0.3 is 6.09 Å². The number of carbonyl (C=O) groups is 1. The first-order chi connectivity index (χ1) is 9.17. The quantitative estimate of drug-likeness (QED) is 0.901. The minimum Gasteiger partial charge on any atom is -0.443 e.